The van der Waals surface area contributed by atoms with Crippen molar-refractivity contribution >= 4 is 5.91 Å². The molecule has 0 spiro atoms. The zero-order valence-corrected chi connectivity index (χ0v) is 10.4. The highest BCUT2D eigenvalue weighted by molar-refractivity contribution is 5.93. The van der Waals surface area contributed by atoms with Gasteiger partial charge in [-0.05, 0) is 6.42 Å². The molecule has 0 aromatic rings. The van der Waals surface area contributed by atoms with Gasteiger partial charge in [0.05, 0.1) is 18.8 Å². The summed E-state index contributed by atoms with van der Waals surface area (Å²) >= 11 is 0. The molecule has 102 valence electrons. The van der Waals surface area contributed by atoms with E-state index < -0.39 is 12.3 Å². The topological polar surface area (TPSA) is 79.6 Å². The van der Waals surface area contributed by atoms with E-state index >= 15 is 0 Å². The zero-order valence-electron chi connectivity index (χ0n) is 10.4. The Morgan fingerprint density at radius 1 is 1.67 bits per heavy atom. The summed E-state index contributed by atoms with van der Waals surface area (Å²) in [6.45, 7) is 1.12. The number of methoxy groups -OCH3 is 1. The van der Waals surface area contributed by atoms with Crippen LogP contribution in [0.5, 0.6) is 0 Å². The molecule has 2 aliphatic heterocycles. The van der Waals surface area contributed by atoms with Crippen molar-refractivity contribution < 1.29 is 13.9 Å². The van der Waals surface area contributed by atoms with E-state index in [1.807, 2.05) is 0 Å². The van der Waals surface area contributed by atoms with Crippen LogP contribution in [0.25, 0.3) is 0 Å². The maximum atomic E-state index is 13.7. The predicted molar refractivity (Wildman–Crippen MR) is 64.1 cm³/mol. The molecule has 0 aromatic carbocycles. The van der Waals surface area contributed by atoms with Gasteiger partial charge in [0.15, 0.2) is 0 Å². The summed E-state index contributed by atoms with van der Waals surface area (Å²) < 4.78 is 18.7. The van der Waals surface area contributed by atoms with Crippen molar-refractivity contribution in [1.29, 1.82) is 0 Å². The van der Waals surface area contributed by atoms with Crippen LogP contribution in [-0.2, 0) is 9.53 Å². The largest absolute Gasteiger partial charge is 0.386 e. The Kier molecular flexibility index (Phi) is 4.03. The van der Waals surface area contributed by atoms with E-state index in [1.165, 1.54) is 12.0 Å². The Hall–Kier alpha value is -1.34. The van der Waals surface area contributed by atoms with Gasteiger partial charge in [-0.1, -0.05) is 0 Å². The highest BCUT2D eigenvalue weighted by Crippen LogP contribution is 2.18. The number of rotatable bonds is 2. The van der Waals surface area contributed by atoms with E-state index in [2.05, 4.69) is 10.6 Å². The Labute approximate surface area is 105 Å². The summed E-state index contributed by atoms with van der Waals surface area (Å²) in [6.07, 6.45) is 0.241. The monoisotopic (exact) mass is 258 g/mol. The van der Waals surface area contributed by atoms with Crippen LogP contribution in [0.15, 0.2) is 11.9 Å². The lowest BCUT2D eigenvalue weighted by molar-refractivity contribution is -0.132. The van der Waals surface area contributed by atoms with Gasteiger partial charge in [-0.2, -0.15) is 0 Å². The van der Waals surface area contributed by atoms with Crippen LogP contribution in [0, 0.1) is 0 Å². The summed E-state index contributed by atoms with van der Waals surface area (Å²) in [5.74, 6) is -0.227. The normalized spacial score (nSPS) is 32.3. The van der Waals surface area contributed by atoms with Gasteiger partial charge in [0.2, 0.25) is 0 Å². The molecule has 4 N–H and O–H groups in total. The van der Waals surface area contributed by atoms with Gasteiger partial charge in [-0.15, -0.1) is 0 Å². The highest BCUT2D eigenvalue weighted by Gasteiger charge is 2.33. The first-order chi connectivity index (χ1) is 8.61. The highest BCUT2D eigenvalue weighted by atomic mass is 19.1. The van der Waals surface area contributed by atoms with Gasteiger partial charge in [-0.25, -0.2) is 4.39 Å². The first kappa shape index (κ1) is 13.1. The summed E-state index contributed by atoms with van der Waals surface area (Å²) in [5.41, 5.74) is 6.07. The molecule has 0 saturated carbocycles. The standard InChI is InChI=1S/C11H19FN4O2/c1-18-9-2-3-16(6-7(9)12)11(17)8-4-14-5-10(13)15-8/h4,7,9-10,14-15H,2-3,5-6,13H2,1H3/t7-,9+,10?/m1/s1. The first-order valence-corrected chi connectivity index (χ1v) is 6.03. The van der Waals surface area contributed by atoms with Gasteiger partial charge >= 0.3 is 0 Å². The average Bonchev–Trinajstić information content (AvgIpc) is 2.37. The van der Waals surface area contributed by atoms with Crippen molar-refractivity contribution in [2.75, 3.05) is 26.7 Å². The van der Waals surface area contributed by atoms with Gasteiger partial charge in [0, 0.05) is 26.4 Å². The molecule has 6 nitrogen and oxygen atoms in total. The first-order valence-electron chi connectivity index (χ1n) is 6.03. The third kappa shape index (κ3) is 2.73. The number of ether oxygens (including phenoxy) is 1. The van der Waals surface area contributed by atoms with Crippen molar-refractivity contribution in [3.8, 4) is 0 Å². The minimum absolute atomic E-state index is 0.0611. The fourth-order valence-corrected chi connectivity index (χ4v) is 2.21. The molecule has 1 amide bonds. The Morgan fingerprint density at radius 3 is 3.06 bits per heavy atom. The molecule has 0 bridgehead atoms. The van der Waals surface area contributed by atoms with E-state index in [9.17, 15) is 9.18 Å². The number of hydrogen-bond donors (Lipinski definition) is 3. The van der Waals surface area contributed by atoms with Crippen molar-refractivity contribution in [3.63, 3.8) is 0 Å². The van der Waals surface area contributed by atoms with Gasteiger partial charge < -0.3 is 26.0 Å². The maximum Gasteiger partial charge on any atom is 0.271 e. The molecule has 1 fully saturated rings. The lowest BCUT2D eigenvalue weighted by atomic mass is 10.1. The van der Waals surface area contributed by atoms with E-state index in [-0.39, 0.29) is 18.6 Å². The summed E-state index contributed by atoms with van der Waals surface area (Å²) in [4.78, 5) is 13.6. The van der Waals surface area contributed by atoms with Crippen molar-refractivity contribution in [2.24, 2.45) is 5.73 Å². The second kappa shape index (κ2) is 5.53. The number of nitrogens with zero attached hydrogens (tertiary/aromatic N) is 1. The lowest BCUT2D eigenvalue weighted by Gasteiger charge is -2.35. The minimum Gasteiger partial charge on any atom is -0.386 e. The smallest absolute Gasteiger partial charge is 0.271 e. The molecule has 2 aliphatic rings. The summed E-state index contributed by atoms with van der Waals surface area (Å²) in [6, 6.07) is 0. The summed E-state index contributed by atoms with van der Waals surface area (Å²) in [5, 5.41) is 5.81. The SMILES string of the molecule is CO[C@H]1CCN(C(=O)C2=CNCC(N)N2)C[C@H]1F. The van der Waals surface area contributed by atoms with E-state index in [0.717, 1.165) is 0 Å². The molecule has 2 rings (SSSR count). The molecular weight excluding hydrogens is 239 g/mol. The predicted octanol–water partition coefficient (Wildman–Crippen LogP) is -1.11. The molecule has 2 heterocycles. The Bertz CT molecular complexity index is 350. The molecular formula is C11H19FN4O2. The lowest BCUT2D eigenvalue weighted by Crippen LogP contribution is -2.54. The molecule has 0 aromatic heterocycles. The second-order valence-corrected chi connectivity index (χ2v) is 4.55. The van der Waals surface area contributed by atoms with Crippen LogP contribution in [0.4, 0.5) is 4.39 Å². The molecule has 0 radical (unpaired) electrons. The average molecular weight is 258 g/mol. The third-order valence-corrected chi connectivity index (χ3v) is 3.23. The second-order valence-electron chi connectivity index (χ2n) is 4.55. The van der Waals surface area contributed by atoms with Crippen molar-refractivity contribution in [3.05, 3.63) is 11.9 Å². The number of alkyl halides is 1. The number of amides is 1. The van der Waals surface area contributed by atoms with E-state index in [4.69, 9.17) is 10.5 Å². The van der Waals surface area contributed by atoms with Crippen LogP contribution >= 0.6 is 0 Å². The molecule has 7 heteroatoms. The zero-order chi connectivity index (χ0) is 13.1. The van der Waals surface area contributed by atoms with E-state index in [0.29, 0.717) is 25.2 Å². The Morgan fingerprint density at radius 2 is 2.44 bits per heavy atom. The van der Waals surface area contributed by atoms with Crippen molar-refractivity contribution in [2.45, 2.75) is 24.9 Å². The van der Waals surface area contributed by atoms with Gasteiger partial charge in [0.25, 0.3) is 5.91 Å². The minimum atomic E-state index is -1.14. The van der Waals surface area contributed by atoms with Gasteiger partial charge in [-0.3, -0.25) is 4.79 Å². The van der Waals surface area contributed by atoms with Crippen LogP contribution in [0.2, 0.25) is 0 Å². The summed E-state index contributed by atoms with van der Waals surface area (Å²) in [7, 11) is 1.49. The third-order valence-electron chi connectivity index (χ3n) is 3.23. The molecule has 18 heavy (non-hydrogen) atoms. The number of carbonyl (C=O) groups is 1. The fourth-order valence-electron chi connectivity index (χ4n) is 2.21. The maximum absolute atomic E-state index is 13.7. The van der Waals surface area contributed by atoms with Crippen molar-refractivity contribution in [1.82, 2.24) is 15.5 Å². The number of hydrogen-bond acceptors (Lipinski definition) is 5. The van der Waals surface area contributed by atoms with Crippen LogP contribution in [0.1, 0.15) is 6.42 Å². The quantitative estimate of drug-likeness (QED) is 0.585. The number of halogens is 1. The molecule has 1 saturated heterocycles. The Balaban J connectivity index is 1.96. The van der Waals surface area contributed by atoms with E-state index in [1.54, 1.807) is 6.20 Å². The van der Waals surface area contributed by atoms with Crippen LogP contribution in [0.3, 0.4) is 0 Å². The number of nitrogens with one attached hydrogen (secondary N) is 2. The number of piperidine rings is 1. The fraction of sp³-hybridized carbons (Fsp3) is 0.727. The van der Waals surface area contributed by atoms with Crippen LogP contribution in [-0.4, -0.2) is 56.0 Å². The molecule has 1 unspecified atom stereocenters. The number of carbonyl (C=O) groups excluding carboxylic acids is 1. The van der Waals surface area contributed by atoms with Crippen LogP contribution < -0.4 is 16.4 Å². The van der Waals surface area contributed by atoms with Gasteiger partial charge in [0.1, 0.15) is 11.9 Å². The number of likely N-dealkylation sites (tertiary alicyclic amines) is 1. The molecule has 0 aliphatic carbocycles. The molecule has 3 atom stereocenters. The number of nitrogens with two attached hydrogens (primary N) is 1.